The number of pyridine rings is 1. The first-order valence-electron chi connectivity index (χ1n) is 7.51. The molecule has 1 fully saturated rings. The number of carbonyl (C=O) groups excluding carboxylic acids is 1. The highest BCUT2D eigenvalue weighted by Gasteiger charge is 2.30. The summed E-state index contributed by atoms with van der Waals surface area (Å²) < 4.78 is 14.9. The van der Waals surface area contributed by atoms with E-state index in [-0.39, 0.29) is 41.3 Å². The van der Waals surface area contributed by atoms with Crippen LogP contribution in [-0.4, -0.2) is 35.0 Å². The van der Waals surface area contributed by atoms with E-state index >= 15 is 0 Å². The Morgan fingerprint density at radius 3 is 2.83 bits per heavy atom. The molecular formula is C17H19ClFN3O2. The summed E-state index contributed by atoms with van der Waals surface area (Å²) in [6, 6.07) is 9.15. The van der Waals surface area contributed by atoms with Gasteiger partial charge in [-0.05, 0) is 29.8 Å². The zero-order chi connectivity index (χ0) is 16.4. The molecule has 3 rings (SSSR count). The van der Waals surface area contributed by atoms with E-state index in [1.54, 1.807) is 36.3 Å². The maximum Gasteiger partial charge on any atom is 0.263 e. The summed E-state index contributed by atoms with van der Waals surface area (Å²) in [5, 5.41) is 3.22. The Morgan fingerprint density at radius 2 is 2.08 bits per heavy atom. The van der Waals surface area contributed by atoms with Crippen molar-refractivity contribution in [1.82, 2.24) is 14.8 Å². The van der Waals surface area contributed by atoms with Gasteiger partial charge in [0.1, 0.15) is 11.4 Å². The van der Waals surface area contributed by atoms with Crippen LogP contribution >= 0.6 is 12.4 Å². The molecule has 1 atom stereocenters. The van der Waals surface area contributed by atoms with Gasteiger partial charge in [-0.25, -0.2) is 4.39 Å². The molecule has 1 saturated heterocycles. The van der Waals surface area contributed by atoms with E-state index in [9.17, 15) is 14.0 Å². The van der Waals surface area contributed by atoms with Crippen LogP contribution in [0.1, 0.15) is 22.0 Å². The molecule has 0 bridgehead atoms. The maximum atomic E-state index is 13.5. The summed E-state index contributed by atoms with van der Waals surface area (Å²) in [5.74, 6) is -0.655. The predicted molar refractivity (Wildman–Crippen MR) is 92.0 cm³/mol. The van der Waals surface area contributed by atoms with Crippen molar-refractivity contribution in [2.24, 2.45) is 7.05 Å². The van der Waals surface area contributed by atoms with Crippen LogP contribution in [0, 0.1) is 5.82 Å². The Kier molecular flexibility index (Phi) is 5.75. The minimum atomic E-state index is -0.337. The largest absolute Gasteiger partial charge is 0.329 e. The Morgan fingerprint density at radius 1 is 1.29 bits per heavy atom. The van der Waals surface area contributed by atoms with E-state index in [1.165, 1.54) is 22.8 Å². The average Bonchev–Trinajstić information content (AvgIpc) is 2.57. The van der Waals surface area contributed by atoms with Gasteiger partial charge in [0.15, 0.2) is 0 Å². The maximum absolute atomic E-state index is 13.5. The molecule has 1 unspecified atom stereocenters. The number of amides is 1. The standard InChI is InChI=1S/C17H18FN3O2.ClH/c1-20-8-3-6-14(16(20)22)17(23)21-9-7-19-11-15(21)12-4-2-5-13(18)10-12;/h2-6,8,10,15,19H,7,9,11H2,1H3;1H. The smallest absolute Gasteiger partial charge is 0.263 e. The second-order valence-electron chi connectivity index (χ2n) is 5.61. The molecule has 0 spiro atoms. The predicted octanol–water partition coefficient (Wildman–Crippen LogP) is 1.73. The lowest BCUT2D eigenvalue weighted by Crippen LogP contribution is -2.49. The first-order chi connectivity index (χ1) is 11.1. The van der Waals surface area contributed by atoms with Crippen molar-refractivity contribution >= 4 is 18.3 Å². The summed E-state index contributed by atoms with van der Waals surface area (Å²) in [4.78, 5) is 26.7. The van der Waals surface area contributed by atoms with Crippen LogP contribution in [0.25, 0.3) is 0 Å². The third-order valence-electron chi connectivity index (χ3n) is 4.09. The number of hydrogen-bond acceptors (Lipinski definition) is 3. The zero-order valence-corrected chi connectivity index (χ0v) is 14.1. The van der Waals surface area contributed by atoms with Gasteiger partial charge in [0.05, 0.1) is 6.04 Å². The van der Waals surface area contributed by atoms with Crippen LogP contribution in [0.2, 0.25) is 0 Å². The van der Waals surface area contributed by atoms with Gasteiger partial charge in [-0.3, -0.25) is 9.59 Å². The molecule has 5 nitrogen and oxygen atoms in total. The van der Waals surface area contributed by atoms with Gasteiger partial charge in [-0.1, -0.05) is 12.1 Å². The van der Waals surface area contributed by atoms with Crippen molar-refractivity contribution < 1.29 is 9.18 Å². The molecule has 7 heteroatoms. The quantitative estimate of drug-likeness (QED) is 0.896. The number of benzene rings is 1. The molecule has 1 N–H and O–H groups in total. The summed E-state index contributed by atoms with van der Waals surface area (Å²) in [7, 11) is 1.61. The molecule has 1 aromatic carbocycles. The van der Waals surface area contributed by atoms with E-state index in [1.807, 2.05) is 0 Å². The Balaban J connectivity index is 0.00000208. The summed E-state index contributed by atoms with van der Waals surface area (Å²) in [5.41, 5.74) is 0.533. The van der Waals surface area contributed by atoms with Gasteiger partial charge in [-0.15, -0.1) is 12.4 Å². The molecule has 2 aromatic rings. The van der Waals surface area contributed by atoms with Crippen LogP contribution in [0.5, 0.6) is 0 Å². The highest BCUT2D eigenvalue weighted by molar-refractivity contribution is 5.94. The minimum absolute atomic E-state index is 0. The van der Waals surface area contributed by atoms with Crippen LogP contribution < -0.4 is 10.9 Å². The van der Waals surface area contributed by atoms with Gasteiger partial charge in [-0.2, -0.15) is 0 Å². The molecule has 0 aliphatic carbocycles. The first kappa shape index (κ1) is 18.2. The third-order valence-corrected chi connectivity index (χ3v) is 4.09. The number of aromatic nitrogens is 1. The molecule has 1 amide bonds. The fourth-order valence-electron chi connectivity index (χ4n) is 2.87. The molecule has 1 aromatic heterocycles. The van der Waals surface area contributed by atoms with Gasteiger partial charge in [0.25, 0.3) is 11.5 Å². The number of carbonyl (C=O) groups is 1. The van der Waals surface area contributed by atoms with Crippen molar-refractivity contribution in [3.63, 3.8) is 0 Å². The van der Waals surface area contributed by atoms with Crippen molar-refractivity contribution in [3.8, 4) is 0 Å². The van der Waals surface area contributed by atoms with Crippen molar-refractivity contribution in [1.29, 1.82) is 0 Å². The monoisotopic (exact) mass is 351 g/mol. The molecule has 1 aliphatic heterocycles. The lowest BCUT2D eigenvalue weighted by Gasteiger charge is -2.36. The van der Waals surface area contributed by atoms with E-state index in [0.717, 1.165) is 5.56 Å². The van der Waals surface area contributed by atoms with Crippen LogP contribution in [0.3, 0.4) is 0 Å². The van der Waals surface area contributed by atoms with E-state index in [2.05, 4.69) is 5.32 Å². The number of piperazine rings is 1. The number of aryl methyl sites for hydroxylation is 1. The van der Waals surface area contributed by atoms with Gasteiger partial charge in [0, 0.05) is 32.9 Å². The Bertz CT molecular complexity index is 793. The molecule has 0 saturated carbocycles. The second-order valence-corrected chi connectivity index (χ2v) is 5.61. The summed E-state index contributed by atoms with van der Waals surface area (Å²) >= 11 is 0. The lowest BCUT2D eigenvalue weighted by atomic mass is 10.0. The Hall–Kier alpha value is -2.18. The van der Waals surface area contributed by atoms with E-state index in [4.69, 9.17) is 0 Å². The first-order valence-corrected chi connectivity index (χ1v) is 7.51. The van der Waals surface area contributed by atoms with Gasteiger partial charge < -0.3 is 14.8 Å². The minimum Gasteiger partial charge on any atom is -0.329 e. The van der Waals surface area contributed by atoms with Crippen molar-refractivity contribution in [3.05, 3.63) is 69.9 Å². The number of halogens is 2. The SMILES string of the molecule is Cl.Cn1cccc(C(=O)N2CCNCC2c2cccc(F)c2)c1=O. The fourth-order valence-corrected chi connectivity index (χ4v) is 2.87. The normalized spacial score (nSPS) is 17.2. The summed E-state index contributed by atoms with van der Waals surface area (Å²) in [6.07, 6.45) is 1.61. The molecular weight excluding hydrogens is 333 g/mol. The molecule has 24 heavy (non-hydrogen) atoms. The number of nitrogens with one attached hydrogen (secondary N) is 1. The molecule has 1 aliphatic rings. The van der Waals surface area contributed by atoms with Crippen LogP contribution in [-0.2, 0) is 7.05 Å². The fraction of sp³-hybridized carbons (Fsp3) is 0.294. The van der Waals surface area contributed by atoms with E-state index < -0.39 is 0 Å². The third kappa shape index (κ3) is 3.49. The molecule has 0 radical (unpaired) electrons. The van der Waals surface area contributed by atoms with Gasteiger partial charge in [0.2, 0.25) is 0 Å². The Labute approximate surface area is 145 Å². The number of nitrogens with zero attached hydrogens (tertiary/aromatic N) is 2. The lowest BCUT2D eigenvalue weighted by molar-refractivity contribution is 0.0631. The topological polar surface area (TPSA) is 54.3 Å². The summed E-state index contributed by atoms with van der Waals surface area (Å²) in [6.45, 7) is 1.64. The number of hydrogen-bond donors (Lipinski definition) is 1. The van der Waals surface area contributed by atoms with Crippen molar-refractivity contribution in [2.45, 2.75) is 6.04 Å². The van der Waals surface area contributed by atoms with Crippen molar-refractivity contribution in [2.75, 3.05) is 19.6 Å². The molecule has 128 valence electrons. The zero-order valence-electron chi connectivity index (χ0n) is 13.2. The van der Waals surface area contributed by atoms with Crippen LogP contribution in [0.15, 0.2) is 47.4 Å². The van der Waals surface area contributed by atoms with Crippen LogP contribution in [0.4, 0.5) is 4.39 Å². The highest BCUT2D eigenvalue weighted by Crippen LogP contribution is 2.24. The number of rotatable bonds is 2. The average molecular weight is 352 g/mol. The highest BCUT2D eigenvalue weighted by atomic mass is 35.5. The molecule has 2 heterocycles. The van der Waals surface area contributed by atoms with E-state index in [0.29, 0.717) is 19.6 Å². The second kappa shape index (κ2) is 7.59. The van der Waals surface area contributed by atoms with Gasteiger partial charge >= 0.3 is 0 Å².